The Bertz CT molecular complexity index is 173. The maximum Gasteiger partial charge on any atom is -0.0412 e. The van der Waals surface area contributed by atoms with Crippen LogP contribution in [0.25, 0.3) is 0 Å². The minimum Gasteiger partial charge on any atom is -0.0654 e. The second kappa shape index (κ2) is 15.4. The molecular formula is C20H42. The van der Waals surface area contributed by atoms with E-state index >= 15 is 0 Å². The van der Waals surface area contributed by atoms with Gasteiger partial charge in [-0.15, -0.1) is 0 Å². The average Bonchev–Trinajstić information content (AvgIpc) is 2.44. The molecular weight excluding hydrogens is 240 g/mol. The lowest BCUT2D eigenvalue weighted by molar-refractivity contribution is 0.315. The largest absolute Gasteiger partial charge is 0.0654 e. The first-order valence-corrected chi connectivity index (χ1v) is 9.74. The first-order valence-electron chi connectivity index (χ1n) is 9.74. The molecule has 0 aromatic heterocycles. The molecule has 0 bridgehead atoms. The summed E-state index contributed by atoms with van der Waals surface area (Å²) in [5.41, 5.74) is 0. The standard InChI is InChI=1S/C20H42/c1-5-8-11-14-17-20(16-13-10-7-3)18-19(4)15-12-9-6-2/h19-20H,5-18H2,1-4H3. The van der Waals surface area contributed by atoms with Crippen LogP contribution in [0.5, 0.6) is 0 Å². The Labute approximate surface area is 130 Å². The predicted molar refractivity (Wildman–Crippen MR) is 94.3 cm³/mol. The van der Waals surface area contributed by atoms with Gasteiger partial charge >= 0.3 is 0 Å². The van der Waals surface area contributed by atoms with Crippen molar-refractivity contribution in [2.45, 2.75) is 118 Å². The summed E-state index contributed by atoms with van der Waals surface area (Å²) in [6, 6.07) is 0. The van der Waals surface area contributed by atoms with Crippen molar-refractivity contribution in [3.63, 3.8) is 0 Å². The summed E-state index contributed by atoms with van der Waals surface area (Å²) in [7, 11) is 0. The molecule has 0 heterocycles. The van der Waals surface area contributed by atoms with Crippen molar-refractivity contribution in [3.8, 4) is 0 Å². The second-order valence-corrected chi connectivity index (χ2v) is 7.05. The molecule has 20 heavy (non-hydrogen) atoms. The van der Waals surface area contributed by atoms with Crippen LogP contribution in [-0.2, 0) is 0 Å². The first kappa shape index (κ1) is 20.0. The summed E-state index contributed by atoms with van der Waals surface area (Å²) in [6.45, 7) is 9.44. The van der Waals surface area contributed by atoms with Gasteiger partial charge < -0.3 is 0 Å². The van der Waals surface area contributed by atoms with E-state index in [-0.39, 0.29) is 0 Å². The molecule has 0 nitrogen and oxygen atoms in total. The van der Waals surface area contributed by atoms with E-state index in [2.05, 4.69) is 27.7 Å². The Kier molecular flexibility index (Phi) is 15.4. The van der Waals surface area contributed by atoms with Gasteiger partial charge in [0.15, 0.2) is 0 Å². The highest BCUT2D eigenvalue weighted by atomic mass is 14.2. The molecule has 0 spiro atoms. The third kappa shape index (κ3) is 13.0. The molecule has 0 saturated heterocycles. The predicted octanol–water partition coefficient (Wildman–Crippen LogP) is 7.76. The van der Waals surface area contributed by atoms with Gasteiger partial charge in [-0.3, -0.25) is 0 Å². The average molecular weight is 283 g/mol. The van der Waals surface area contributed by atoms with E-state index < -0.39 is 0 Å². The highest BCUT2D eigenvalue weighted by Gasteiger charge is 2.13. The normalized spacial score (nSPS) is 14.4. The van der Waals surface area contributed by atoms with Crippen molar-refractivity contribution < 1.29 is 0 Å². The summed E-state index contributed by atoms with van der Waals surface area (Å²) < 4.78 is 0. The zero-order valence-electron chi connectivity index (χ0n) is 15.1. The Hall–Kier alpha value is 0. The fourth-order valence-corrected chi connectivity index (χ4v) is 3.35. The van der Waals surface area contributed by atoms with Gasteiger partial charge in [0.2, 0.25) is 0 Å². The quantitative estimate of drug-likeness (QED) is 0.269. The van der Waals surface area contributed by atoms with Crippen molar-refractivity contribution in [1.29, 1.82) is 0 Å². The molecule has 0 aliphatic carbocycles. The maximum absolute atomic E-state index is 2.49. The minimum absolute atomic E-state index is 0.958. The number of hydrogen-bond acceptors (Lipinski definition) is 0. The maximum atomic E-state index is 2.49. The van der Waals surface area contributed by atoms with Gasteiger partial charge in [0.25, 0.3) is 0 Å². The Morgan fingerprint density at radius 1 is 0.550 bits per heavy atom. The number of hydrogen-bond donors (Lipinski definition) is 0. The molecule has 122 valence electrons. The molecule has 0 aliphatic rings. The van der Waals surface area contributed by atoms with Gasteiger partial charge in [-0.1, -0.05) is 111 Å². The molecule has 0 saturated carbocycles. The zero-order chi connectivity index (χ0) is 15.1. The van der Waals surface area contributed by atoms with E-state index in [4.69, 9.17) is 0 Å². The summed E-state index contributed by atoms with van der Waals surface area (Å²) in [6.07, 6.45) is 20.2. The van der Waals surface area contributed by atoms with Crippen LogP contribution in [0, 0.1) is 11.8 Å². The van der Waals surface area contributed by atoms with Gasteiger partial charge in [-0.05, 0) is 18.3 Å². The van der Waals surface area contributed by atoms with E-state index in [1.54, 1.807) is 0 Å². The van der Waals surface area contributed by atoms with E-state index in [1.165, 1.54) is 89.9 Å². The van der Waals surface area contributed by atoms with E-state index in [0.717, 1.165) is 11.8 Å². The van der Waals surface area contributed by atoms with Crippen LogP contribution in [0.2, 0.25) is 0 Å². The second-order valence-electron chi connectivity index (χ2n) is 7.05. The molecule has 0 rings (SSSR count). The molecule has 0 radical (unpaired) electrons. The van der Waals surface area contributed by atoms with E-state index in [9.17, 15) is 0 Å². The third-order valence-corrected chi connectivity index (χ3v) is 4.72. The molecule has 2 unspecified atom stereocenters. The molecule has 0 N–H and O–H groups in total. The minimum atomic E-state index is 0.958. The van der Waals surface area contributed by atoms with Crippen molar-refractivity contribution in [2.75, 3.05) is 0 Å². The Balaban J connectivity index is 3.88. The van der Waals surface area contributed by atoms with Gasteiger partial charge in [-0.2, -0.15) is 0 Å². The fraction of sp³-hybridized carbons (Fsp3) is 1.00. The van der Waals surface area contributed by atoms with Crippen LogP contribution in [0.15, 0.2) is 0 Å². The first-order chi connectivity index (χ1) is 9.74. The van der Waals surface area contributed by atoms with Crippen LogP contribution in [0.1, 0.15) is 118 Å². The monoisotopic (exact) mass is 282 g/mol. The lowest BCUT2D eigenvalue weighted by atomic mass is 9.85. The fourth-order valence-electron chi connectivity index (χ4n) is 3.35. The van der Waals surface area contributed by atoms with Crippen molar-refractivity contribution in [3.05, 3.63) is 0 Å². The summed E-state index contributed by atoms with van der Waals surface area (Å²) in [5.74, 6) is 1.98. The lowest BCUT2D eigenvalue weighted by Gasteiger charge is -2.21. The summed E-state index contributed by atoms with van der Waals surface area (Å²) in [5, 5.41) is 0. The van der Waals surface area contributed by atoms with Gasteiger partial charge in [0.05, 0.1) is 0 Å². The van der Waals surface area contributed by atoms with Crippen molar-refractivity contribution in [2.24, 2.45) is 11.8 Å². The molecule has 0 aliphatic heterocycles. The Morgan fingerprint density at radius 3 is 1.55 bits per heavy atom. The Morgan fingerprint density at radius 2 is 1.00 bits per heavy atom. The van der Waals surface area contributed by atoms with Crippen LogP contribution in [0.4, 0.5) is 0 Å². The van der Waals surface area contributed by atoms with Crippen LogP contribution < -0.4 is 0 Å². The highest BCUT2D eigenvalue weighted by molar-refractivity contribution is 4.65. The van der Waals surface area contributed by atoms with E-state index in [0.29, 0.717) is 0 Å². The molecule has 2 atom stereocenters. The SMILES string of the molecule is CCCCCCC(CCCCC)CC(C)CCCCC. The molecule has 0 heteroatoms. The van der Waals surface area contributed by atoms with Crippen molar-refractivity contribution in [1.82, 2.24) is 0 Å². The van der Waals surface area contributed by atoms with Crippen LogP contribution >= 0.6 is 0 Å². The van der Waals surface area contributed by atoms with Crippen molar-refractivity contribution >= 4 is 0 Å². The topological polar surface area (TPSA) is 0 Å². The molecule has 0 amide bonds. The summed E-state index contributed by atoms with van der Waals surface area (Å²) >= 11 is 0. The molecule has 0 fully saturated rings. The van der Waals surface area contributed by atoms with Gasteiger partial charge in [0, 0.05) is 0 Å². The van der Waals surface area contributed by atoms with E-state index in [1.807, 2.05) is 0 Å². The van der Waals surface area contributed by atoms with Gasteiger partial charge in [0.1, 0.15) is 0 Å². The number of rotatable bonds is 15. The smallest absolute Gasteiger partial charge is 0.0412 e. The van der Waals surface area contributed by atoms with Crippen LogP contribution in [-0.4, -0.2) is 0 Å². The van der Waals surface area contributed by atoms with Crippen LogP contribution in [0.3, 0.4) is 0 Å². The van der Waals surface area contributed by atoms with Gasteiger partial charge in [-0.25, -0.2) is 0 Å². The number of unbranched alkanes of at least 4 members (excludes halogenated alkanes) is 7. The molecule has 0 aromatic carbocycles. The molecule has 0 aromatic rings. The lowest BCUT2D eigenvalue weighted by Crippen LogP contribution is -2.07. The summed E-state index contributed by atoms with van der Waals surface area (Å²) in [4.78, 5) is 0. The third-order valence-electron chi connectivity index (χ3n) is 4.72. The zero-order valence-corrected chi connectivity index (χ0v) is 15.1. The highest BCUT2D eigenvalue weighted by Crippen LogP contribution is 2.27.